The summed E-state index contributed by atoms with van der Waals surface area (Å²) >= 11 is 6.01. The average molecular weight is 225 g/mol. The lowest BCUT2D eigenvalue weighted by molar-refractivity contribution is 0.291. The Labute approximate surface area is 94.1 Å². The summed E-state index contributed by atoms with van der Waals surface area (Å²) in [5, 5.41) is 0.584. The minimum absolute atomic E-state index is 0.220. The van der Waals surface area contributed by atoms with Gasteiger partial charge in [-0.25, -0.2) is 9.98 Å². The number of halogens is 1. The van der Waals surface area contributed by atoms with Crippen molar-refractivity contribution in [3.05, 3.63) is 29.0 Å². The van der Waals surface area contributed by atoms with Crippen LogP contribution in [0.15, 0.2) is 23.3 Å². The molecule has 1 aromatic rings. The molecule has 1 atom stereocenters. The quantitative estimate of drug-likeness (QED) is 0.774. The van der Waals surface area contributed by atoms with Gasteiger partial charge >= 0.3 is 0 Å². The molecule has 2 heterocycles. The summed E-state index contributed by atoms with van der Waals surface area (Å²) in [7, 11) is 0. The van der Waals surface area contributed by atoms with Crippen molar-refractivity contribution < 1.29 is 4.74 Å². The van der Waals surface area contributed by atoms with Crippen LogP contribution in [-0.4, -0.2) is 23.5 Å². The van der Waals surface area contributed by atoms with Crippen LogP contribution in [0.1, 0.15) is 19.5 Å². The van der Waals surface area contributed by atoms with E-state index in [1.54, 1.807) is 18.3 Å². The molecule has 0 fully saturated rings. The molecule has 15 heavy (non-hydrogen) atoms. The first-order valence-electron chi connectivity index (χ1n) is 5.00. The van der Waals surface area contributed by atoms with Crippen LogP contribution < -0.4 is 0 Å². The van der Waals surface area contributed by atoms with Crippen molar-refractivity contribution in [1.82, 2.24) is 4.98 Å². The van der Waals surface area contributed by atoms with Crippen molar-refractivity contribution in [2.24, 2.45) is 10.9 Å². The lowest BCUT2D eigenvalue weighted by Crippen LogP contribution is -2.13. The number of aromatic nitrogens is 1. The number of nitrogens with zero attached hydrogens (tertiary/aromatic N) is 2. The zero-order valence-corrected chi connectivity index (χ0v) is 9.53. The Kier molecular flexibility index (Phi) is 2.91. The molecule has 0 aliphatic carbocycles. The number of hydrogen-bond acceptors (Lipinski definition) is 3. The zero-order valence-electron chi connectivity index (χ0n) is 8.77. The largest absolute Gasteiger partial charge is 0.474 e. The van der Waals surface area contributed by atoms with E-state index in [1.807, 2.05) is 0 Å². The summed E-state index contributed by atoms with van der Waals surface area (Å²) < 4.78 is 5.50. The first kappa shape index (κ1) is 10.4. The highest BCUT2D eigenvalue weighted by Crippen LogP contribution is 2.20. The number of rotatable bonds is 2. The first-order valence-corrected chi connectivity index (χ1v) is 5.37. The fourth-order valence-corrected chi connectivity index (χ4v) is 1.61. The Morgan fingerprint density at radius 1 is 1.53 bits per heavy atom. The topological polar surface area (TPSA) is 34.5 Å². The highest BCUT2D eigenvalue weighted by atomic mass is 35.5. The molecule has 1 aromatic heterocycles. The predicted octanol–water partition coefficient (Wildman–Crippen LogP) is 2.54. The highest BCUT2D eigenvalue weighted by Gasteiger charge is 2.24. The van der Waals surface area contributed by atoms with E-state index >= 15 is 0 Å². The maximum atomic E-state index is 6.01. The molecule has 1 aliphatic heterocycles. The lowest BCUT2D eigenvalue weighted by atomic mass is 10.1. The van der Waals surface area contributed by atoms with Crippen molar-refractivity contribution in [2.45, 2.75) is 19.9 Å². The molecule has 3 nitrogen and oxygen atoms in total. The van der Waals surface area contributed by atoms with Crippen molar-refractivity contribution >= 4 is 17.5 Å². The van der Waals surface area contributed by atoms with Gasteiger partial charge in [0.1, 0.15) is 12.3 Å². The Bertz CT molecular complexity index is 390. The van der Waals surface area contributed by atoms with E-state index in [4.69, 9.17) is 16.3 Å². The Morgan fingerprint density at radius 2 is 2.33 bits per heavy atom. The lowest BCUT2D eigenvalue weighted by Gasteiger charge is -2.06. The predicted molar refractivity (Wildman–Crippen MR) is 60.4 cm³/mol. The third-order valence-corrected chi connectivity index (χ3v) is 2.71. The van der Waals surface area contributed by atoms with E-state index in [2.05, 4.69) is 23.8 Å². The van der Waals surface area contributed by atoms with Gasteiger partial charge in [0, 0.05) is 6.20 Å². The van der Waals surface area contributed by atoms with E-state index in [-0.39, 0.29) is 6.04 Å². The van der Waals surface area contributed by atoms with E-state index in [0.717, 1.165) is 0 Å². The van der Waals surface area contributed by atoms with Crippen molar-refractivity contribution in [1.29, 1.82) is 0 Å². The standard InChI is InChI=1S/C11H13ClN2O/c1-7(2)9-6-15-11(14-9)10-8(12)4-3-5-13-10/h3-5,7,9H,6H2,1-2H3. The van der Waals surface area contributed by atoms with Crippen LogP contribution in [-0.2, 0) is 4.74 Å². The van der Waals surface area contributed by atoms with Crippen LogP contribution in [0.5, 0.6) is 0 Å². The molecule has 0 saturated heterocycles. The summed E-state index contributed by atoms with van der Waals surface area (Å²) in [4.78, 5) is 8.63. The molecule has 1 aliphatic rings. The monoisotopic (exact) mass is 224 g/mol. The molecule has 0 amide bonds. The molecule has 0 aromatic carbocycles. The smallest absolute Gasteiger partial charge is 0.237 e. The second kappa shape index (κ2) is 4.19. The Morgan fingerprint density at radius 3 is 2.93 bits per heavy atom. The van der Waals surface area contributed by atoms with Crippen LogP contribution in [0.25, 0.3) is 0 Å². The minimum Gasteiger partial charge on any atom is -0.474 e. The molecule has 0 radical (unpaired) electrons. The van der Waals surface area contributed by atoms with Crippen molar-refractivity contribution in [2.75, 3.05) is 6.61 Å². The van der Waals surface area contributed by atoms with Gasteiger partial charge in [0.25, 0.3) is 0 Å². The van der Waals surface area contributed by atoms with Crippen LogP contribution in [0.4, 0.5) is 0 Å². The third-order valence-electron chi connectivity index (χ3n) is 2.40. The Balaban J connectivity index is 2.27. The number of hydrogen-bond donors (Lipinski definition) is 0. The van der Waals surface area contributed by atoms with E-state index in [1.165, 1.54) is 0 Å². The van der Waals surface area contributed by atoms with Crippen LogP contribution in [0.2, 0.25) is 5.02 Å². The summed E-state index contributed by atoms with van der Waals surface area (Å²) in [6, 6.07) is 3.80. The number of ether oxygens (including phenoxy) is 1. The van der Waals surface area contributed by atoms with E-state index in [0.29, 0.717) is 29.1 Å². The van der Waals surface area contributed by atoms with Gasteiger partial charge in [-0.2, -0.15) is 0 Å². The zero-order chi connectivity index (χ0) is 10.8. The van der Waals surface area contributed by atoms with Gasteiger partial charge in [-0.1, -0.05) is 25.4 Å². The van der Waals surface area contributed by atoms with Gasteiger partial charge in [0.15, 0.2) is 0 Å². The van der Waals surface area contributed by atoms with Gasteiger partial charge < -0.3 is 4.74 Å². The van der Waals surface area contributed by atoms with Crippen LogP contribution in [0, 0.1) is 5.92 Å². The second-order valence-electron chi connectivity index (χ2n) is 3.89. The summed E-state index contributed by atoms with van der Waals surface area (Å²) in [5.41, 5.74) is 0.641. The number of aliphatic imine (C=N–C) groups is 1. The van der Waals surface area contributed by atoms with Crippen LogP contribution >= 0.6 is 11.6 Å². The van der Waals surface area contributed by atoms with E-state index in [9.17, 15) is 0 Å². The minimum atomic E-state index is 0.220. The fraction of sp³-hybridized carbons (Fsp3) is 0.455. The molecule has 0 saturated carbocycles. The molecule has 2 rings (SSSR count). The molecular weight excluding hydrogens is 212 g/mol. The average Bonchev–Trinajstić information content (AvgIpc) is 2.67. The van der Waals surface area contributed by atoms with Gasteiger partial charge in [0.05, 0.1) is 11.1 Å². The molecule has 0 N–H and O–H groups in total. The maximum Gasteiger partial charge on any atom is 0.237 e. The van der Waals surface area contributed by atoms with Crippen molar-refractivity contribution in [3.63, 3.8) is 0 Å². The molecule has 0 spiro atoms. The molecule has 0 bridgehead atoms. The SMILES string of the molecule is CC(C)C1COC(c2ncccc2Cl)=N1. The normalized spacial score (nSPS) is 20.3. The molecule has 80 valence electrons. The third kappa shape index (κ3) is 2.12. The Hall–Kier alpha value is -1.09. The van der Waals surface area contributed by atoms with Gasteiger partial charge in [0.2, 0.25) is 5.90 Å². The first-order chi connectivity index (χ1) is 7.18. The molecule has 1 unspecified atom stereocenters. The van der Waals surface area contributed by atoms with Crippen LogP contribution in [0.3, 0.4) is 0 Å². The summed E-state index contributed by atoms with van der Waals surface area (Å²) in [5.74, 6) is 1.05. The second-order valence-corrected chi connectivity index (χ2v) is 4.30. The molecule has 4 heteroatoms. The molecular formula is C11H13ClN2O. The van der Waals surface area contributed by atoms with Gasteiger partial charge in [-0.3, -0.25) is 0 Å². The summed E-state index contributed by atoms with van der Waals surface area (Å²) in [6.07, 6.45) is 1.69. The summed E-state index contributed by atoms with van der Waals surface area (Å²) in [6.45, 7) is 4.88. The maximum absolute atomic E-state index is 6.01. The van der Waals surface area contributed by atoms with E-state index < -0.39 is 0 Å². The fourth-order valence-electron chi connectivity index (χ4n) is 1.40. The number of pyridine rings is 1. The van der Waals surface area contributed by atoms with Crippen molar-refractivity contribution in [3.8, 4) is 0 Å². The van der Waals surface area contributed by atoms with Gasteiger partial charge in [-0.15, -0.1) is 0 Å². The van der Waals surface area contributed by atoms with Gasteiger partial charge in [-0.05, 0) is 18.1 Å². The highest BCUT2D eigenvalue weighted by molar-refractivity contribution is 6.33.